The van der Waals surface area contributed by atoms with Gasteiger partial charge < -0.3 is 16.0 Å². The van der Waals surface area contributed by atoms with Crippen LogP contribution in [0.4, 0.5) is 0 Å². The second-order valence-corrected chi connectivity index (χ2v) is 6.39. The van der Waals surface area contributed by atoms with Crippen molar-refractivity contribution >= 4 is 24.2 Å². The fourth-order valence-electron chi connectivity index (χ4n) is 2.22. The van der Waals surface area contributed by atoms with Crippen LogP contribution in [0.3, 0.4) is 0 Å². The van der Waals surface area contributed by atoms with Gasteiger partial charge in [0, 0.05) is 36.3 Å². The van der Waals surface area contributed by atoms with Crippen molar-refractivity contribution in [3.05, 3.63) is 17.0 Å². The SMILES string of the molecule is CC(NC(=O)c1n[nH]c2c1CNCC2)C(=O)NC(C)(C)C.Cl. The van der Waals surface area contributed by atoms with E-state index in [1.165, 1.54) is 0 Å². The van der Waals surface area contributed by atoms with Crippen LogP contribution in [0.15, 0.2) is 0 Å². The van der Waals surface area contributed by atoms with Crippen molar-refractivity contribution in [3.8, 4) is 0 Å². The van der Waals surface area contributed by atoms with E-state index in [2.05, 4.69) is 26.1 Å². The maximum atomic E-state index is 12.3. The molecule has 1 atom stereocenters. The van der Waals surface area contributed by atoms with E-state index in [1.54, 1.807) is 6.92 Å². The zero-order valence-corrected chi connectivity index (χ0v) is 14.2. The van der Waals surface area contributed by atoms with Crippen LogP contribution in [-0.4, -0.2) is 40.1 Å². The fourth-order valence-corrected chi connectivity index (χ4v) is 2.22. The Morgan fingerprint density at radius 1 is 1.32 bits per heavy atom. The molecular formula is C14H24ClN5O2. The molecule has 4 N–H and O–H groups in total. The highest BCUT2D eigenvalue weighted by Gasteiger charge is 2.25. The summed E-state index contributed by atoms with van der Waals surface area (Å²) < 4.78 is 0. The minimum absolute atomic E-state index is 0. The maximum absolute atomic E-state index is 12.3. The smallest absolute Gasteiger partial charge is 0.272 e. The molecule has 124 valence electrons. The average Bonchev–Trinajstić information content (AvgIpc) is 2.80. The van der Waals surface area contributed by atoms with E-state index in [9.17, 15) is 9.59 Å². The molecule has 1 aliphatic heterocycles. The van der Waals surface area contributed by atoms with Gasteiger partial charge >= 0.3 is 0 Å². The zero-order chi connectivity index (χ0) is 15.6. The second-order valence-electron chi connectivity index (χ2n) is 6.39. The molecular weight excluding hydrogens is 306 g/mol. The molecule has 0 aromatic carbocycles. The third kappa shape index (κ3) is 4.45. The number of nitrogens with zero attached hydrogens (tertiary/aromatic N) is 1. The summed E-state index contributed by atoms with van der Waals surface area (Å²) in [5, 5.41) is 15.7. The first-order chi connectivity index (χ1) is 9.78. The number of halogens is 1. The third-order valence-electron chi connectivity index (χ3n) is 3.26. The van der Waals surface area contributed by atoms with Crippen LogP contribution >= 0.6 is 12.4 Å². The van der Waals surface area contributed by atoms with Crippen molar-refractivity contribution in [2.45, 2.75) is 52.2 Å². The Labute approximate surface area is 136 Å². The highest BCUT2D eigenvalue weighted by molar-refractivity contribution is 5.97. The summed E-state index contributed by atoms with van der Waals surface area (Å²) in [4.78, 5) is 24.2. The minimum Gasteiger partial charge on any atom is -0.350 e. The van der Waals surface area contributed by atoms with E-state index in [1.807, 2.05) is 20.8 Å². The molecule has 0 radical (unpaired) electrons. The van der Waals surface area contributed by atoms with Crippen molar-refractivity contribution in [2.75, 3.05) is 6.54 Å². The predicted octanol–water partition coefficient (Wildman–Crippen LogP) is 0.510. The highest BCUT2D eigenvalue weighted by Crippen LogP contribution is 2.15. The molecule has 1 unspecified atom stereocenters. The van der Waals surface area contributed by atoms with Gasteiger partial charge in [0.1, 0.15) is 6.04 Å². The molecule has 0 fully saturated rings. The molecule has 22 heavy (non-hydrogen) atoms. The van der Waals surface area contributed by atoms with Gasteiger partial charge in [0.05, 0.1) is 0 Å². The molecule has 2 rings (SSSR count). The first-order valence-electron chi connectivity index (χ1n) is 7.17. The lowest BCUT2D eigenvalue weighted by molar-refractivity contribution is -0.124. The second kappa shape index (κ2) is 7.11. The number of rotatable bonds is 3. The lowest BCUT2D eigenvalue weighted by Gasteiger charge is -2.23. The van der Waals surface area contributed by atoms with Crippen LogP contribution in [-0.2, 0) is 17.8 Å². The number of carbonyl (C=O) groups excluding carboxylic acids is 2. The number of hydrogen-bond donors (Lipinski definition) is 4. The number of hydrogen-bond acceptors (Lipinski definition) is 4. The molecule has 2 amide bonds. The topological polar surface area (TPSA) is 98.9 Å². The normalized spacial score (nSPS) is 15.3. The number of aromatic amines is 1. The standard InChI is InChI=1S/C14H23N5O2.ClH/c1-8(12(20)17-14(2,3)4)16-13(21)11-9-7-15-6-5-10(9)18-19-11;/h8,15H,5-7H2,1-4H3,(H,16,21)(H,17,20)(H,18,19);1H. The molecule has 0 saturated heterocycles. The van der Waals surface area contributed by atoms with E-state index >= 15 is 0 Å². The summed E-state index contributed by atoms with van der Waals surface area (Å²) in [6.45, 7) is 8.85. The number of fused-ring (bicyclic) bond motifs is 1. The molecule has 0 saturated carbocycles. The van der Waals surface area contributed by atoms with Gasteiger partial charge in [-0.1, -0.05) is 0 Å². The lowest BCUT2D eigenvalue weighted by atomic mass is 10.1. The summed E-state index contributed by atoms with van der Waals surface area (Å²) in [6, 6.07) is -0.611. The van der Waals surface area contributed by atoms with Crippen molar-refractivity contribution in [1.29, 1.82) is 0 Å². The quantitative estimate of drug-likeness (QED) is 0.649. The maximum Gasteiger partial charge on any atom is 0.272 e. The molecule has 8 heteroatoms. The molecule has 1 aromatic rings. The number of amides is 2. The third-order valence-corrected chi connectivity index (χ3v) is 3.26. The van der Waals surface area contributed by atoms with E-state index < -0.39 is 6.04 Å². The highest BCUT2D eigenvalue weighted by atomic mass is 35.5. The van der Waals surface area contributed by atoms with Gasteiger partial charge in [0.2, 0.25) is 5.91 Å². The van der Waals surface area contributed by atoms with Gasteiger partial charge in [-0.25, -0.2) is 0 Å². The molecule has 1 aliphatic rings. The van der Waals surface area contributed by atoms with E-state index in [-0.39, 0.29) is 29.8 Å². The Morgan fingerprint density at radius 3 is 2.64 bits per heavy atom. The summed E-state index contributed by atoms with van der Waals surface area (Å²) in [5.74, 6) is -0.536. The molecule has 2 heterocycles. The zero-order valence-electron chi connectivity index (χ0n) is 13.4. The van der Waals surface area contributed by atoms with Crippen molar-refractivity contribution in [3.63, 3.8) is 0 Å². The average molecular weight is 330 g/mol. The van der Waals surface area contributed by atoms with Crippen molar-refractivity contribution in [1.82, 2.24) is 26.1 Å². The number of carbonyl (C=O) groups is 2. The Kier molecular flexibility index (Phi) is 5.96. The first kappa shape index (κ1) is 18.4. The number of nitrogens with one attached hydrogen (secondary N) is 4. The van der Waals surface area contributed by atoms with Gasteiger partial charge in [-0.3, -0.25) is 14.7 Å². The molecule has 1 aromatic heterocycles. The number of H-pyrrole nitrogens is 1. The van der Waals surface area contributed by atoms with Gasteiger partial charge in [-0.15, -0.1) is 12.4 Å². The minimum atomic E-state index is -0.611. The Hall–Kier alpha value is -1.60. The molecule has 0 aliphatic carbocycles. The van der Waals surface area contributed by atoms with Gasteiger partial charge in [0.25, 0.3) is 5.91 Å². The fraction of sp³-hybridized carbons (Fsp3) is 0.643. The first-order valence-corrected chi connectivity index (χ1v) is 7.17. The van der Waals surface area contributed by atoms with Gasteiger partial charge in [-0.2, -0.15) is 5.10 Å². The van der Waals surface area contributed by atoms with Gasteiger partial charge in [-0.05, 0) is 27.7 Å². The van der Waals surface area contributed by atoms with Crippen LogP contribution in [0.25, 0.3) is 0 Å². The van der Waals surface area contributed by atoms with Crippen LogP contribution in [0.5, 0.6) is 0 Å². The lowest BCUT2D eigenvalue weighted by Crippen LogP contribution is -2.51. The molecule has 7 nitrogen and oxygen atoms in total. The summed E-state index contributed by atoms with van der Waals surface area (Å²) in [7, 11) is 0. The summed E-state index contributed by atoms with van der Waals surface area (Å²) in [5.41, 5.74) is 1.92. The Balaban J connectivity index is 0.00000242. The molecule has 0 spiro atoms. The number of aromatic nitrogens is 2. The van der Waals surface area contributed by atoms with Crippen LogP contribution in [0.2, 0.25) is 0 Å². The van der Waals surface area contributed by atoms with Crippen LogP contribution in [0, 0.1) is 0 Å². The molecule has 0 bridgehead atoms. The van der Waals surface area contributed by atoms with Crippen LogP contribution < -0.4 is 16.0 Å². The van der Waals surface area contributed by atoms with Crippen molar-refractivity contribution in [2.24, 2.45) is 0 Å². The van der Waals surface area contributed by atoms with Crippen LogP contribution in [0.1, 0.15) is 49.4 Å². The van der Waals surface area contributed by atoms with Crippen molar-refractivity contribution < 1.29 is 9.59 Å². The Bertz CT molecular complexity index is 550. The predicted molar refractivity (Wildman–Crippen MR) is 86.1 cm³/mol. The van der Waals surface area contributed by atoms with E-state index in [0.717, 1.165) is 24.2 Å². The Morgan fingerprint density at radius 2 is 2.00 bits per heavy atom. The largest absolute Gasteiger partial charge is 0.350 e. The monoisotopic (exact) mass is 329 g/mol. The summed E-state index contributed by atoms with van der Waals surface area (Å²) in [6.07, 6.45) is 0.829. The van der Waals surface area contributed by atoms with E-state index in [4.69, 9.17) is 0 Å². The van der Waals surface area contributed by atoms with Gasteiger partial charge in [0.15, 0.2) is 5.69 Å². The summed E-state index contributed by atoms with van der Waals surface area (Å²) >= 11 is 0. The van der Waals surface area contributed by atoms with E-state index in [0.29, 0.717) is 12.2 Å².